The molecule has 0 aliphatic heterocycles. The predicted octanol–water partition coefficient (Wildman–Crippen LogP) is 3.66. The average molecular weight is 517 g/mol. The van der Waals surface area contributed by atoms with Crippen molar-refractivity contribution in [1.82, 2.24) is 19.5 Å². The van der Waals surface area contributed by atoms with E-state index in [1.807, 2.05) is 34.9 Å². The molecule has 3 aromatic heterocycles. The number of nitrogens with zero attached hydrogens (tertiary/aromatic N) is 4. The Morgan fingerprint density at radius 1 is 0.967 bits per heavy atom. The topological polar surface area (TPSA) is 97.3 Å². The third-order valence-corrected chi connectivity index (χ3v) is 5.14. The molecule has 0 fully saturated rings. The number of aromatic nitrogens is 4. The van der Waals surface area contributed by atoms with Crippen LogP contribution in [0.1, 0.15) is 11.1 Å². The SMILES string of the molecule is COc1ccc(COc2ccc(Cn3c(N)nc4cc(I)cnc43)cc2OC)cn1. The van der Waals surface area contributed by atoms with Crippen molar-refractivity contribution in [2.45, 2.75) is 13.2 Å². The lowest BCUT2D eigenvalue weighted by Gasteiger charge is -2.13. The number of nitrogens with two attached hydrogens (primary N) is 1. The first-order chi connectivity index (χ1) is 14.6. The standard InChI is InChI=1S/C21H20IN5O3/c1-28-18-7-13(11-27-20-16(26-21(27)23)8-15(22)10-25-20)3-5-17(18)30-12-14-4-6-19(29-2)24-9-14/h3-10H,11-12H2,1-2H3,(H2,23,26). The van der Waals surface area contributed by atoms with Crippen LogP contribution in [0.5, 0.6) is 17.4 Å². The van der Waals surface area contributed by atoms with Gasteiger partial charge in [-0.25, -0.2) is 15.0 Å². The normalized spacial score (nSPS) is 10.9. The zero-order valence-electron chi connectivity index (χ0n) is 16.5. The van der Waals surface area contributed by atoms with E-state index in [2.05, 4.69) is 37.5 Å². The lowest BCUT2D eigenvalue weighted by molar-refractivity contribution is 0.283. The summed E-state index contributed by atoms with van der Waals surface area (Å²) in [6.07, 6.45) is 3.52. The molecule has 0 spiro atoms. The van der Waals surface area contributed by atoms with Gasteiger partial charge >= 0.3 is 0 Å². The number of pyridine rings is 2. The number of nitrogen functional groups attached to an aromatic ring is 1. The summed E-state index contributed by atoms with van der Waals surface area (Å²) in [5, 5.41) is 0. The van der Waals surface area contributed by atoms with Gasteiger partial charge in [-0.2, -0.15) is 0 Å². The Labute approximate surface area is 187 Å². The molecule has 0 saturated heterocycles. The first kappa shape index (κ1) is 20.2. The fraction of sp³-hybridized carbons (Fsp3) is 0.190. The van der Waals surface area contributed by atoms with Gasteiger partial charge in [-0.1, -0.05) is 6.07 Å². The summed E-state index contributed by atoms with van der Waals surface area (Å²) in [5.41, 5.74) is 9.58. The first-order valence-electron chi connectivity index (χ1n) is 9.13. The minimum absolute atomic E-state index is 0.369. The average Bonchev–Trinajstić information content (AvgIpc) is 3.07. The molecule has 3 heterocycles. The summed E-state index contributed by atoms with van der Waals surface area (Å²) >= 11 is 2.21. The number of imidazole rings is 1. The van der Waals surface area contributed by atoms with Crippen LogP contribution in [0.3, 0.4) is 0 Å². The van der Waals surface area contributed by atoms with Gasteiger partial charge in [-0.3, -0.25) is 4.57 Å². The van der Waals surface area contributed by atoms with Gasteiger partial charge in [0.25, 0.3) is 0 Å². The number of fused-ring (bicyclic) bond motifs is 1. The van der Waals surface area contributed by atoms with Crippen molar-refractivity contribution in [2.24, 2.45) is 0 Å². The summed E-state index contributed by atoms with van der Waals surface area (Å²) in [5.74, 6) is 2.27. The van der Waals surface area contributed by atoms with E-state index in [1.54, 1.807) is 32.7 Å². The van der Waals surface area contributed by atoms with E-state index in [-0.39, 0.29) is 0 Å². The number of hydrogen-bond donors (Lipinski definition) is 1. The fourth-order valence-electron chi connectivity index (χ4n) is 3.05. The molecule has 0 aliphatic rings. The Balaban J connectivity index is 1.53. The molecule has 9 heteroatoms. The molecule has 0 bridgehead atoms. The smallest absolute Gasteiger partial charge is 0.212 e. The van der Waals surface area contributed by atoms with Crippen LogP contribution < -0.4 is 19.9 Å². The van der Waals surface area contributed by atoms with Crippen molar-refractivity contribution in [2.75, 3.05) is 20.0 Å². The number of anilines is 1. The van der Waals surface area contributed by atoms with E-state index in [4.69, 9.17) is 19.9 Å². The second-order valence-electron chi connectivity index (χ2n) is 6.54. The highest BCUT2D eigenvalue weighted by molar-refractivity contribution is 14.1. The van der Waals surface area contributed by atoms with E-state index >= 15 is 0 Å². The molecule has 4 aromatic rings. The summed E-state index contributed by atoms with van der Waals surface area (Å²) in [7, 11) is 3.20. The Morgan fingerprint density at radius 3 is 2.53 bits per heavy atom. The van der Waals surface area contributed by atoms with E-state index < -0.39 is 0 Å². The molecule has 154 valence electrons. The number of halogens is 1. The maximum Gasteiger partial charge on any atom is 0.212 e. The molecule has 0 atom stereocenters. The van der Waals surface area contributed by atoms with Crippen LogP contribution in [0.25, 0.3) is 11.2 Å². The number of rotatable bonds is 7. The van der Waals surface area contributed by atoms with Gasteiger partial charge < -0.3 is 19.9 Å². The lowest BCUT2D eigenvalue weighted by atomic mass is 10.2. The van der Waals surface area contributed by atoms with Crippen molar-refractivity contribution < 1.29 is 14.2 Å². The second-order valence-corrected chi connectivity index (χ2v) is 7.78. The minimum atomic E-state index is 0.369. The number of benzene rings is 1. The Morgan fingerprint density at radius 2 is 1.80 bits per heavy atom. The van der Waals surface area contributed by atoms with Gasteiger partial charge in [-0.15, -0.1) is 0 Å². The molecule has 4 rings (SSSR count). The Bertz CT molecular complexity index is 1180. The second kappa shape index (κ2) is 8.74. The molecular weight excluding hydrogens is 497 g/mol. The van der Waals surface area contributed by atoms with Crippen LogP contribution in [0, 0.1) is 3.57 Å². The van der Waals surface area contributed by atoms with Crippen molar-refractivity contribution >= 4 is 39.7 Å². The molecule has 2 N–H and O–H groups in total. The number of ether oxygens (including phenoxy) is 3. The van der Waals surface area contributed by atoms with Crippen molar-refractivity contribution in [3.63, 3.8) is 0 Å². The molecule has 0 unspecified atom stereocenters. The third kappa shape index (κ3) is 4.25. The maximum atomic E-state index is 6.12. The molecule has 30 heavy (non-hydrogen) atoms. The van der Waals surface area contributed by atoms with Gasteiger partial charge in [0.05, 0.1) is 20.8 Å². The van der Waals surface area contributed by atoms with E-state index in [0.29, 0.717) is 36.5 Å². The maximum absolute atomic E-state index is 6.12. The monoisotopic (exact) mass is 517 g/mol. The van der Waals surface area contributed by atoms with Gasteiger partial charge in [0.1, 0.15) is 12.1 Å². The molecule has 0 radical (unpaired) electrons. The van der Waals surface area contributed by atoms with Gasteiger partial charge in [0, 0.05) is 27.6 Å². The van der Waals surface area contributed by atoms with Gasteiger partial charge in [-0.05, 0) is 52.4 Å². The summed E-state index contributed by atoms with van der Waals surface area (Å²) in [6.45, 7) is 0.892. The lowest BCUT2D eigenvalue weighted by Crippen LogP contribution is -2.06. The molecule has 8 nitrogen and oxygen atoms in total. The zero-order valence-corrected chi connectivity index (χ0v) is 18.7. The number of hydrogen-bond acceptors (Lipinski definition) is 7. The van der Waals surface area contributed by atoms with E-state index in [1.165, 1.54) is 0 Å². The van der Waals surface area contributed by atoms with Crippen molar-refractivity contribution in [3.05, 3.63) is 63.5 Å². The molecule has 0 aliphatic carbocycles. The zero-order chi connectivity index (χ0) is 21.1. The highest BCUT2D eigenvalue weighted by Gasteiger charge is 2.12. The quantitative estimate of drug-likeness (QED) is 0.374. The Hall–Kier alpha value is -3.08. The molecule has 1 aromatic carbocycles. The fourth-order valence-corrected chi connectivity index (χ4v) is 3.48. The summed E-state index contributed by atoms with van der Waals surface area (Å²) in [6, 6.07) is 11.5. The van der Waals surface area contributed by atoms with Gasteiger partial charge in [0.2, 0.25) is 11.8 Å². The minimum Gasteiger partial charge on any atom is -0.493 e. The van der Waals surface area contributed by atoms with Crippen LogP contribution >= 0.6 is 22.6 Å². The highest BCUT2D eigenvalue weighted by Crippen LogP contribution is 2.30. The van der Waals surface area contributed by atoms with Crippen molar-refractivity contribution in [1.29, 1.82) is 0 Å². The van der Waals surface area contributed by atoms with Crippen LogP contribution in [-0.2, 0) is 13.2 Å². The van der Waals surface area contributed by atoms with Crippen LogP contribution in [0.4, 0.5) is 5.95 Å². The largest absolute Gasteiger partial charge is 0.493 e. The van der Waals surface area contributed by atoms with Crippen molar-refractivity contribution in [3.8, 4) is 17.4 Å². The first-order valence-corrected chi connectivity index (χ1v) is 10.2. The molecular formula is C21H20IN5O3. The summed E-state index contributed by atoms with van der Waals surface area (Å²) in [4.78, 5) is 13.1. The molecule has 0 saturated carbocycles. The highest BCUT2D eigenvalue weighted by atomic mass is 127. The van der Waals surface area contributed by atoms with Crippen LogP contribution in [-0.4, -0.2) is 33.7 Å². The van der Waals surface area contributed by atoms with Crippen LogP contribution in [0.2, 0.25) is 0 Å². The summed E-state index contributed by atoms with van der Waals surface area (Å²) < 4.78 is 19.4. The third-order valence-electron chi connectivity index (χ3n) is 4.55. The van der Waals surface area contributed by atoms with E-state index in [9.17, 15) is 0 Å². The van der Waals surface area contributed by atoms with Crippen LogP contribution in [0.15, 0.2) is 48.8 Å². The Kier molecular flexibility index (Phi) is 5.88. The molecule has 0 amide bonds. The predicted molar refractivity (Wildman–Crippen MR) is 122 cm³/mol. The number of methoxy groups -OCH3 is 2. The van der Waals surface area contributed by atoms with Gasteiger partial charge in [0.15, 0.2) is 17.1 Å². The van der Waals surface area contributed by atoms with E-state index in [0.717, 1.165) is 25.9 Å².